The largest absolute Gasteiger partial charge is 0.339 e. The zero-order chi connectivity index (χ0) is 16.2. The fourth-order valence-corrected chi connectivity index (χ4v) is 2.48. The summed E-state index contributed by atoms with van der Waals surface area (Å²) in [5, 5.41) is 14.4. The van der Waals surface area contributed by atoms with E-state index in [4.69, 9.17) is 0 Å². The van der Waals surface area contributed by atoms with Crippen molar-refractivity contribution in [3.05, 3.63) is 64.3 Å². The number of nitrogens with one attached hydrogen (secondary N) is 2. The molecule has 0 aliphatic rings. The Morgan fingerprint density at radius 3 is 2.52 bits per heavy atom. The first-order valence-electron chi connectivity index (χ1n) is 7.17. The maximum Gasteiger partial charge on any atom is 0.249 e. The van der Waals surface area contributed by atoms with Gasteiger partial charge in [0.05, 0.1) is 6.20 Å². The van der Waals surface area contributed by atoms with Gasteiger partial charge in [-0.3, -0.25) is 0 Å². The van der Waals surface area contributed by atoms with Crippen LogP contribution in [0, 0.1) is 13.8 Å². The molecule has 0 unspecified atom stereocenters. The van der Waals surface area contributed by atoms with Crippen molar-refractivity contribution in [3.63, 3.8) is 0 Å². The summed E-state index contributed by atoms with van der Waals surface area (Å²) in [5.74, 6) is 1.08. The zero-order valence-electron chi connectivity index (χ0n) is 12.8. The number of aromatic nitrogens is 3. The second kappa shape index (κ2) is 6.75. The van der Waals surface area contributed by atoms with Gasteiger partial charge < -0.3 is 10.6 Å². The van der Waals surface area contributed by atoms with E-state index in [0.29, 0.717) is 11.8 Å². The van der Waals surface area contributed by atoms with E-state index in [1.165, 1.54) is 11.1 Å². The molecule has 0 aliphatic carbocycles. The lowest BCUT2D eigenvalue weighted by Gasteiger charge is -2.09. The second-order valence-electron chi connectivity index (χ2n) is 5.22. The van der Waals surface area contributed by atoms with Crippen molar-refractivity contribution in [1.29, 1.82) is 0 Å². The predicted molar refractivity (Wildman–Crippen MR) is 96.5 cm³/mol. The smallest absolute Gasteiger partial charge is 0.249 e. The van der Waals surface area contributed by atoms with E-state index < -0.39 is 0 Å². The zero-order valence-corrected chi connectivity index (χ0v) is 14.4. The van der Waals surface area contributed by atoms with Gasteiger partial charge >= 0.3 is 0 Å². The Morgan fingerprint density at radius 2 is 1.74 bits per heavy atom. The highest BCUT2D eigenvalue weighted by molar-refractivity contribution is 9.10. The van der Waals surface area contributed by atoms with E-state index >= 15 is 0 Å². The van der Waals surface area contributed by atoms with Crippen molar-refractivity contribution in [2.24, 2.45) is 0 Å². The van der Waals surface area contributed by atoms with E-state index in [0.717, 1.165) is 15.8 Å². The molecule has 0 atom stereocenters. The van der Waals surface area contributed by atoms with Crippen LogP contribution in [0.15, 0.2) is 53.1 Å². The first-order valence-corrected chi connectivity index (χ1v) is 7.96. The number of anilines is 4. The van der Waals surface area contributed by atoms with Crippen LogP contribution < -0.4 is 10.6 Å². The van der Waals surface area contributed by atoms with Gasteiger partial charge in [0.25, 0.3) is 0 Å². The highest BCUT2D eigenvalue weighted by atomic mass is 79.9. The summed E-state index contributed by atoms with van der Waals surface area (Å²) < 4.78 is 0.986. The maximum absolute atomic E-state index is 4.43. The molecule has 0 aliphatic heterocycles. The van der Waals surface area contributed by atoms with Crippen LogP contribution in [0.2, 0.25) is 0 Å². The molecule has 2 N–H and O–H groups in total. The van der Waals surface area contributed by atoms with E-state index in [9.17, 15) is 0 Å². The van der Waals surface area contributed by atoms with Crippen molar-refractivity contribution in [2.45, 2.75) is 13.8 Å². The van der Waals surface area contributed by atoms with Crippen molar-refractivity contribution in [2.75, 3.05) is 10.6 Å². The molecule has 0 radical (unpaired) electrons. The number of aryl methyl sites for hydroxylation is 2. The maximum atomic E-state index is 4.43. The highest BCUT2D eigenvalue weighted by Gasteiger charge is 2.03. The fraction of sp³-hybridized carbons (Fsp3) is 0.118. The lowest BCUT2D eigenvalue weighted by atomic mass is 10.1. The molecule has 5 nitrogen and oxygen atoms in total. The average molecular weight is 370 g/mol. The molecular formula is C17H16BrN5. The van der Waals surface area contributed by atoms with E-state index in [1.54, 1.807) is 6.20 Å². The number of hydrogen-bond acceptors (Lipinski definition) is 5. The minimum atomic E-state index is 0.442. The number of nitrogens with zero attached hydrogens (tertiary/aromatic N) is 3. The van der Waals surface area contributed by atoms with Gasteiger partial charge in [-0.15, -0.1) is 5.10 Å². The van der Waals surface area contributed by atoms with Gasteiger partial charge in [-0.2, -0.15) is 10.1 Å². The molecule has 0 amide bonds. The molecule has 3 aromatic rings. The molecule has 3 rings (SSSR count). The Hall–Kier alpha value is -2.47. The predicted octanol–water partition coefficient (Wildman–Crippen LogP) is 4.74. The monoisotopic (exact) mass is 369 g/mol. The second-order valence-corrected chi connectivity index (χ2v) is 6.14. The highest BCUT2D eigenvalue weighted by Crippen LogP contribution is 2.20. The third-order valence-electron chi connectivity index (χ3n) is 3.42. The Labute approximate surface area is 143 Å². The molecule has 23 heavy (non-hydrogen) atoms. The molecule has 0 bridgehead atoms. The van der Waals surface area contributed by atoms with Gasteiger partial charge in [0.1, 0.15) is 0 Å². The average Bonchev–Trinajstić information content (AvgIpc) is 2.51. The number of rotatable bonds is 4. The normalized spacial score (nSPS) is 10.4. The minimum Gasteiger partial charge on any atom is -0.339 e. The van der Waals surface area contributed by atoms with Crippen LogP contribution in [-0.2, 0) is 0 Å². The summed E-state index contributed by atoms with van der Waals surface area (Å²) in [6, 6.07) is 14.0. The third-order valence-corrected chi connectivity index (χ3v) is 3.91. The molecule has 116 valence electrons. The number of hydrogen-bond donors (Lipinski definition) is 2. The van der Waals surface area contributed by atoms with Crippen molar-refractivity contribution in [3.8, 4) is 0 Å². The molecule has 0 saturated heterocycles. The summed E-state index contributed by atoms with van der Waals surface area (Å²) >= 11 is 3.44. The topological polar surface area (TPSA) is 62.7 Å². The van der Waals surface area contributed by atoms with Crippen molar-refractivity contribution >= 4 is 39.1 Å². The van der Waals surface area contributed by atoms with Crippen molar-refractivity contribution in [1.82, 2.24) is 15.2 Å². The van der Waals surface area contributed by atoms with Gasteiger partial charge in [-0.1, -0.05) is 28.1 Å². The molecule has 1 aromatic heterocycles. The minimum absolute atomic E-state index is 0.442. The van der Waals surface area contributed by atoms with Crippen LogP contribution in [0.4, 0.5) is 23.1 Å². The molecule has 0 fully saturated rings. The molecule has 2 aromatic carbocycles. The van der Waals surface area contributed by atoms with Crippen LogP contribution in [0.25, 0.3) is 0 Å². The fourth-order valence-electron chi connectivity index (χ4n) is 2.08. The Kier molecular flexibility index (Phi) is 4.52. The molecule has 0 saturated carbocycles. The van der Waals surface area contributed by atoms with Crippen LogP contribution in [0.5, 0.6) is 0 Å². The first-order chi connectivity index (χ1) is 11.1. The van der Waals surface area contributed by atoms with Gasteiger partial charge in [0.2, 0.25) is 5.95 Å². The quantitative estimate of drug-likeness (QED) is 0.695. The molecule has 1 heterocycles. The Balaban J connectivity index is 1.78. The number of halogens is 1. The first kappa shape index (κ1) is 15.4. The summed E-state index contributed by atoms with van der Waals surface area (Å²) in [5.41, 5.74) is 4.35. The van der Waals surface area contributed by atoms with Gasteiger partial charge in [-0.05, 0) is 55.3 Å². The van der Waals surface area contributed by atoms with E-state index in [1.807, 2.05) is 30.3 Å². The van der Waals surface area contributed by atoms with Crippen LogP contribution in [0.1, 0.15) is 11.1 Å². The lowest BCUT2D eigenvalue weighted by molar-refractivity contribution is 0.982. The SMILES string of the molecule is Cc1ccc(Nc2cnnc(Nc3cccc(Br)c3)n2)cc1C. The van der Waals surface area contributed by atoms with Crippen LogP contribution in [-0.4, -0.2) is 15.2 Å². The van der Waals surface area contributed by atoms with Crippen LogP contribution >= 0.6 is 15.9 Å². The van der Waals surface area contributed by atoms with Gasteiger partial charge in [0.15, 0.2) is 5.82 Å². The van der Waals surface area contributed by atoms with E-state index in [2.05, 4.69) is 67.7 Å². The summed E-state index contributed by atoms with van der Waals surface area (Å²) in [6.45, 7) is 4.17. The third kappa shape index (κ3) is 4.04. The summed E-state index contributed by atoms with van der Waals surface area (Å²) in [6.07, 6.45) is 1.60. The molecular weight excluding hydrogens is 354 g/mol. The number of benzene rings is 2. The van der Waals surface area contributed by atoms with Crippen LogP contribution in [0.3, 0.4) is 0 Å². The standard InChI is InChI=1S/C17H16BrN5/c1-11-6-7-15(8-12(11)2)20-16-10-19-23-17(22-16)21-14-5-3-4-13(18)9-14/h3-10H,1-2H3,(H2,20,21,22,23). The van der Waals surface area contributed by atoms with Gasteiger partial charge in [0, 0.05) is 15.8 Å². The van der Waals surface area contributed by atoms with Crippen molar-refractivity contribution < 1.29 is 0 Å². The lowest BCUT2D eigenvalue weighted by Crippen LogP contribution is -2.02. The van der Waals surface area contributed by atoms with Gasteiger partial charge in [-0.25, -0.2) is 0 Å². The van der Waals surface area contributed by atoms with E-state index in [-0.39, 0.29) is 0 Å². The molecule has 0 spiro atoms. The Bertz CT molecular complexity index is 835. The summed E-state index contributed by atoms with van der Waals surface area (Å²) in [7, 11) is 0. The Morgan fingerprint density at radius 1 is 0.913 bits per heavy atom. The molecule has 6 heteroatoms. The summed E-state index contributed by atoms with van der Waals surface area (Å²) in [4.78, 5) is 4.43.